The summed E-state index contributed by atoms with van der Waals surface area (Å²) in [6.45, 7) is 6.28. The Bertz CT molecular complexity index is 798. The maximum absolute atomic E-state index is 12.4. The Morgan fingerprint density at radius 3 is 2.96 bits per heavy atom. The fourth-order valence-corrected chi connectivity index (χ4v) is 4.24. The van der Waals surface area contributed by atoms with E-state index in [0.717, 1.165) is 12.0 Å². The number of methoxy groups -OCH3 is 1. The molecule has 144 valence electrons. The van der Waals surface area contributed by atoms with Gasteiger partial charge in [0.2, 0.25) is 12.5 Å². The van der Waals surface area contributed by atoms with Crippen LogP contribution in [-0.4, -0.2) is 32.1 Å². The van der Waals surface area contributed by atoms with Crippen molar-refractivity contribution in [2.45, 2.75) is 31.8 Å². The first-order valence-corrected chi connectivity index (χ1v) is 9.17. The molecule has 1 aromatic carbocycles. The van der Waals surface area contributed by atoms with Crippen LogP contribution in [0.3, 0.4) is 0 Å². The SMILES string of the molecule is C=CCC1CC2(C(C)Cc3cc(OC)c4c(c3)OCO4)OCOC2=CC1=O. The molecular formula is C21H24O6. The second kappa shape index (κ2) is 6.93. The zero-order valence-electron chi connectivity index (χ0n) is 15.7. The minimum absolute atomic E-state index is 0.0861. The van der Waals surface area contributed by atoms with Crippen LogP contribution in [0.4, 0.5) is 0 Å². The zero-order valence-corrected chi connectivity index (χ0v) is 15.7. The normalized spacial score (nSPS) is 26.8. The van der Waals surface area contributed by atoms with E-state index in [-0.39, 0.29) is 31.2 Å². The van der Waals surface area contributed by atoms with Gasteiger partial charge in [0, 0.05) is 12.0 Å². The van der Waals surface area contributed by atoms with Crippen LogP contribution in [-0.2, 0) is 20.7 Å². The van der Waals surface area contributed by atoms with Gasteiger partial charge in [-0.1, -0.05) is 13.0 Å². The van der Waals surface area contributed by atoms with E-state index < -0.39 is 5.60 Å². The van der Waals surface area contributed by atoms with Crippen LogP contribution in [0.15, 0.2) is 36.6 Å². The molecule has 1 aromatic rings. The number of fused-ring (bicyclic) bond motifs is 2. The van der Waals surface area contributed by atoms with Crippen LogP contribution in [0.5, 0.6) is 17.2 Å². The lowest BCUT2D eigenvalue weighted by atomic mass is 9.71. The number of hydrogen-bond acceptors (Lipinski definition) is 6. The molecule has 0 bridgehead atoms. The summed E-state index contributed by atoms with van der Waals surface area (Å²) in [6, 6.07) is 3.95. The van der Waals surface area contributed by atoms with Crippen molar-refractivity contribution in [3.63, 3.8) is 0 Å². The summed E-state index contributed by atoms with van der Waals surface area (Å²) in [5.41, 5.74) is 0.468. The third-order valence-corrected chi connectivity index (χ3v) is 5.68. The zero-order chi connectivity index (χ0) is 19.0. The molecule has 27 heavy (non-hydrogen) atoms. The van der Waals surface area contributed by atoms with E-state index in [1.54, 1.807) is 19.3 Å². The van der Waals surface area contributed by atoms with Crippen molar-refractivity contribution in [2.24, 2.45) is 11.8 Å². The first-order valence-electron chi connectivity index (χ1n) is 9.17. The molecule has 1 aliphatic carbocycles. The van der Waals surface area contributed by atoms with Crippen molar-refractivity contribution in [1.29, 1.82) is 0 Å². The highest BCUT2D eigenvalue weighted by Gasteiger charge is 2.51. The number of ether oxygens (including phenoxy) is 5. The van der Waals surface area contributed by atoms with Crippen LogP contribution in [0.25, 0.3) is 0 Å². The smallest absolute Gasteiger partial charge is 0.231 e. The van der Waals surface area contributed by atoms with Gasteiger partial charge in [0.15, 0.2) is 24.1 Å². The van der Waals surface area contributed by atoms with Gasteiger partial charge in [0.05, 0.1) is 7.11 Å². The summed E-state index contributed by atoms with van der Waals surface area (Å²) in [6.07, 6.45) is 5.37. The Kier molecular flexibility index (Phi) is 4.60. The Morgan fingerprint density at radius 2 is 2.19 bits per heavy atom. The van der Waals surface area contributed by atoms with Gasteiger partial charge in [-0.15, -0.1) is 6.58 Å². The van der Waals surface area contributed by atoms with E-state index in [4.69, 9.17) is 23.7 Å². The molecule has 1 fully saturated rings. The van der Waals surface area contributed by atoms with Gasteiger partial charge in [-0.2, -0.15) is 0 Å². The Balaban J connectivity index is 1.62. The predicted octanol–water partition coefficient (Wildman–Crippen LogP) is 3.39. The Morgan fingerprint density at radius 1 is 1.33 bits per heavy atom. The summed E-state index contributed by atoms with van der Waals surface area (Å²) in [5.74, 6) is 2.70. The lowest BCUT2D eigenvalue weighted by Crippen LogP contribution is -2.44. The quantitative estimate of drug-likeness (QED) is 0.713. The molecule has 1 saturated heterocycles. The molecule has 3 aliphatic rings. The summed E-state index contributed by atoms with van der Waals surface area (Å²) < 4.78 is 28.2. The van der Waals surface area contributed by atoms with Crippen molar-refractivity contribution >= 4 is 5.78 Å². The second-order valence-electron chi connectivity index (χ2n) is 7.27. The van der Waals surface area contributed by atoms with Gasteiger partial charge in [0.1, 0.15) is 11.4 Å². The highest BCUT2D eigenvalue weighted by molar-refractivity contribution is 5.93. The molecule has 0 radical (unpaired) electrons. The van der Waals surface area contributed by atoms with E-state index in [2.05, 4.69) is 13.5 Å². The standard InChI is InChI=1S/C21H24O6/c1-4-5-15-10-21(19(9-16(15)22)25-12-27-21)13(2)6-14-7-17(23-3)20-18(8-14)24-11-26-20/h4,7-9,13,15H,1,5-6,10-12H2,2-3H3. The molecule has 0 saturated carbocycles. The monoisotopic (exact) mass is 372 g/mol. The highest BCUT2D eigenvalue weighted by Crippen LogP contribution is 2.47. The van der Waals surface area contributed by atoms with E-state index in [1.807, 2.05) is 12.1 Å². The van der Waals surface area contributed by atoms with Crippen molar-refractivity contribution in [2.75, 3.05) is 20.7 Å². The molecule has 2 heterocycles. The fraction of sp³-hybridized carbons (Fsp3) is 0.476. The predicted molar refractivity (Wildman–Crippen MR) is 97.8 cm³/mol. The molecule has 6 nitrogen and oxygen atoms in total. The van der Waals surface area contributed by atoms with Gasteiger partial charge >= 0.3 is 0 Å². The molecule has 0 spiro atoms. The van der Waals surface area contributed by atoms with Crippen LogP contribution in [0.2, 0.25) is 0 Å². The topological polar surface area (TPSA) is 63.2 Å². The molecule has 0 N–H and O–H groups in total. The van der Waals surface area contributed by atoms with Crippen molar-refractivity contribution < 1.29 is 28.5 Å². The van der Waals surface area contributed by atoms with Crippen molar-refractivity contribution in [3.05, 3.63) is 42.2 Å². The largest absolute Gasteiger partial charge is 0.493 e. The average molecular weight is 372 g/mol. The summed E-state index contributed by atoms with van der Waals surface area (Å²) in [5, 5.41) is 0. The molecular weight excluding hydrogens is 348 g/mol. The highest BCUT2D eigenvalue weighted by atomic mass is 16.7. The van der Waals surface area contributed by atoms with E-state index >= 15 is 0 Å². The molecule has 4 rings (SSSR count). The number of ketones is 1. The van der Waals surface area contributed by atoms with E-state index in [9.17, 15) is 4.79 Å². The third-order valence-electron chi connectivity index (χ3n) is 5.68. The number of carbonyl (C=O) groups is 1. The van der Waals surface area contributed by atoms with Crippen LogP contribution < -0.4 is 14.2 Å². The summed E-state index contributed by atoms with van der Waals surface area (Å²) >= 11 is 0. The molecule has 0 aromatic heterocycles. The molecule has 0 amide bonds. The number of allylic oxidation sites excluding steroid dienone is 2. The van der Waals surface area contributed by atoms with Gasteiger partial charge in [-0.25, -0.2) is 0 Å². The summed E-state index contributed by atoms with van der Waals surface area (Å²) in [7, 11) is 1.62. The molecule has 2 aliphatic heterocycles. The van der Waals surface area contributed by atoms with Gasteiger partial charge in [0.25, 0.3) is 0 Å². The Labute approximate surface area is 158 Å². The van der Waals surface area contributed by atoms with Crippen LogP contribution in [0.1, 0.15) is 25.3 Å². The minimum atomic E-state index is -0.592. The molecule has 3 unspecified atom stereocenters. The maximum atomic E-state index is 12.4. The first kappa shape index (κ1) is 17.9. The van der Waals surface area contributed by atoms with Crippen LogP contribution in [0, 0.1) is 11.8 Å². The maximum Gasteiger partial charge on any atom is 0.231 e. The molecule has 6 heteroatoms. The molecule has 3 atom stereocenters. The lowest BCUT2D eigenvalue weighted by Gasteiger charge is -2.38. The fourth-order valence-electron chi connectivity index (χ4n) is 4.24. The second-order valence-corrected chi connectivity index (χ2v) is 7.27. The number of rotatable bonds is 6. The number of carbonyl (C=O) groups excluding carboxylic acids is 1. The van der Waals surface area contributed by atoms with Crippen molar-refractivity contribution in [1.82, 2.24) is 0 Å². The number of hydrogen-bond donors (Lipinski definition) is 0. The van der Waals surface area contributed by atoms with E-state index in [1.165, 1.54) is 0 Å². The third kappa shape index (κ3) is 2.98. The van der Waals surface area contributed by atoms with Gasteiger partial charge in [-0.3, -0.25) is 4.79 Å². The Hall–Kier alpha value is -2.47. The average Bonchev–Trinajstić information content (AvgIpc) is 3.28. The van der Waals surface area contributed by atoms with Gasteiger partial charge < -0.3 is 23.7 Å². The number of benzene rings is 1. The van der Waals surface area contributed by atoms with Crippen molar-refractivity contribution in [3.8, 4) is 17.2 Å². The van der Waals surface area contributed by atoms with Crippen LogP contribution >= 0.6 is 0 Å². The summed E-state index contributed by atoms with van der Waals surface area (Å²) in [4.78, 5) is 12.4. The van der Waals surface area contributed by atoms with Gasteiger partial charge in [-0.05, 0) is 42.9 Å². The minimum Gasteiger partial charge on any atom is -0.493 e. The van der Waals surface area contributed by atoms with E-state index in [0.29, 0.717) is 35.8 Å². The first-order chi connectivity index (χ1) is 13.1. The lowest BCUT2D eigenvalue weighted by molar-refractivity contribution is -0.123.